The van der Waals surface area contributed by atoms with Gasteiger partial charge in [0.25, 0.3) is 17.7 Å². The van der Waals surface area contributed by atoms with Crippen molar-refractivity contribution in [2.45, 2.75) is 381 Å². The summed E-state index contributed by atoms with van der Waals surface area (Å²) in [7, 11) is 1.72. The maximum absolute atomic E-state index is 5.61. The van der Waals surface area contributed by atoms with Crippen LogP contribution in [0.15, 0.2) is 97.4 Å². The van der Waals surface area contributed by atoms with E-state index in [4.69, 9.17) is 37.7 Å². The smallest absolute Gasteiger partial charge is 0.259 e. The van der Waals surface area contributed by atoms with Crippen LogP contribution < -0.4 is 31.3 Å². The van der Waals surface area contributed by atoms with E-state index >= 15 is 0 Å². The third-order valence-electron chi connectivity index (χ3n) is 27.1. The van der Waals surface area contributed by atoms with Gasteiger partial charge in [0.1, 0.15) is 12.0 Å². The zero-order valence-electron chi connectivity index (χ0n) is 75.3. The Kier molecular flexibility index (Phi) is 35.2. The van der Waals surface area contributed by atoms with Crippen LogP contribution in [0.5, 0.6) is 5.75 Å². The molecule has 0 bridgehead atoms. The van der Waals surface area contributed by atoms with Crippen LogP contribution in [-0.2, 0) is 32.1 Å². The zero-order valence-corrected chi connectivity index (χ0v) is 75.3. The number of aryl methyl sites for hydroxylation is 4. The number of oxazole rings is 1. The minimum absolute atomic E-state index is 0.363. The van der Waals surface area contributed by atoms with Crippen molar-refractivity contribution in [3.63, 3.8) is 0 Å². The van der Waals surface area contributed by atoms with Crippen molar-refractivity contribution in [2.75, 3.05) is 33.7 Å². The molecule has 7 aromatic heterocycles. The number of benzene rings is 2. The van der Waals surface area contributed by atoms with Crippen molar-refractivity contribution in [3.8, 4) is 51.6 Å². The molecule has 0 atom stereocenters. The maximum Gasteiger partial charge on any atom is 0.259 e. The normalized spacial score (nSPS) is 18.3. The summed E-state index contributed by atoms with van der Waals surface area (Å²) < 4.78 is 27.0. The van der Waals surface area contributed by atoms with Crippen molar-refractivity contribution in [2.24, 2.45) is 29.6 Å². The third-order valence-corrected chi connectivity index (χ3v) is 27.1. The van der Waals surface area contributed by atoms with Gasteiger partial charge in [0.2, 0.25) is 5.89 Å². The van der Waals surface area contributed by atoms with Gasteiger partial charge in [-0.15, -0.1) is 0 Å². The van der Waals surface area contributed by atoms with E-state index in [0.29, 0.717) is 71.2 Å². The minimum Gasteiger partial charge on any atom is -0.495 e. The highest BCUT2D eigenvalue weighted by atomic mass is 16.5. The number of nitrogens with zero attached hydrogens (tertiary/aromatic N) is 10. The van der Waals surface area contributed by atoms with Crippen LogP contribution in [0, 0.1) is 57.3 Å². The molecule has 8 aliphatic carbocycles. The Balaban J connectivity index is 0.000000131. The molecule has 656 valence electrons. The number of hydrogen-bond donors (Lipinski definition) is 5. The van der Waals surface area contributed by atoms with E-state index in [1.54, 1.807) is 13.4 Å². The van der Waals surface area contributed by atoms with E-state index in [0.717, 1.165) is 107 Å². The van der Waals surface area contributed by atoms with Crippen molar-refractivity contribution in [3.05, 3.63) is 131 Å². The number of pyridine rings is 3. The van der Waals surface area contributed by atoms with Crippen LogP contribution in [-0.4, -0.2) is 87.7 Å². The number of aromatic nitrogens is 10. The molecule has 2 aromatic carbocycles. The van der Waals surface area contributed by atoms with Gasteiger partial charge in [-0.1, -0.05) is 253 Å². The standard InChI is InChI=1S/C22H31N3O.C21H29N3O.C21H31N3O.C19H30N2O.C18H26N4O/c1-16-15-26-22(24-16)18-13-21(25-19-10-6-3-7-11-19)20(23-14-18)12-17-8-4-2-5-9-17;1-15-22-21(25-24-15)18-12-11-17(13-16-7-3-2-4-8-16)20(14-18)23-19-9-5-6-10-19;1-4-19(5-2)23-20-14-18(21-22-15(3)24-25-21)12-11-17(20)13-16-9-7-6-8-10-16;1-22-17-13-19(21-16-10-6-3-7-11-16)18(20-14-17)12-15-8-4-2-5-9-15;1-12(2)20-17-10-15(18-21-13(3)22-23-18)11-19-16(17)9-14-7-5-4-6-8-14/h13-15,17,19,25H,2-12H2,1H3;11-12,14,16,19,23H,2-10,13H2,1H3;11-12,14,16,19,23H,4-10,13H2,1-3H3;13-16,21H,2-12H2,1H3;10-12,14,20H,4-9H2,1-3H3. The summed E-state index contributed by atoms with van der Waals surface area (Å²) in [6.07, 6.45) is 68.3. The molecule has 0 spiro atoms. The summed E-state index contributed by atoms with van der Waals surface area (Å²) in [5.74, 6) is 9.35. The van der Waals surface area contributed by atoms with Gasteiger partial charge < -0.3 is 49.3 Å². The van der Waals surface area contributed by atoms with Gasteiger partial charge >= 0.3 is 0 Å². The predicted octanol–water partition coefficient (Wildman–Crippen LogP) is 26.5. The van der Waals surface area contributed by atoms with E-state index in [2.05, 4.69) is 144 Å². The Morgan fingerprint density at radius 1 is 0.355 bits per heavy atom. The maximum atomic E-state index is 5.61. The molecule has 20 heteroatoms. The molecular weight excluding hydrogens is 1500 g/mol. The zero-order chi connectivity index (χ0) is 83.9. The van der Waals surface area contributed by atoms with Crippen LogP contribution in [0.2, 0.25) is 0 Å². The Bertz CT molecular complexity index is 4380. The Labute approximate surface area is 724 Å². The quantitative estimate of drug-likeness (QED) is 0.0321. The van der Waals surface area contributed by atoms with Crippen LogP contribution in [0.1, 0.15) is 342 Å². The first-order valence-corrected chi connectivity index (χ1v) is 48.1. The highest BCUT2D eigenvalue weighted by molar-refractivity contribution is 5.68. The lowest BCUT2D eigenvalue weighted by Crippen LogP contribution is -2.23. The molecule has 7 heterocycles. The highest BCUT2D eigenvalue weighted by Crippen LogP contribution is 2.40. The van der Waals surface area contributed by atoms with Gasteiger partial charge in [-0.25, -0.2) is 4.98 Å². The van der Waals surface area contributed by atoms with Crippen LogP contribution in [0.25, 0.3) is 45.8 Å². The number of nitrogens with one attached hydrogen (secondary N) is 5. The molecule has 17 rings (SSSR count). The van der Waals surface area contributed by atoms with Crippen molar-refractivity contribution < 1.29 is 22.7 Å². The van der Waals surface area contributed by atoms with Crippen LogP contribution in [0.3, 0.4) is 0 Å². The average molecular weight is 1650 g/mol. The molecule has 5 N–H and O–H groups in total. The lowest BCUT2D eigenvalue weighted by molar-refractivity contribution is 0.354. The highest BCUT2D eigenvalue weighted by Gasteiger charge is 2.27. The summed E-state index contributed by atoms with van der Waals surface area (Å²) in [4.78, 5) is 31.9. The van der Waals surface area contributed by atoms with E-state index in [1.807, 2.05) is 46.3 Å². The minimum atomic E-state index is 0.363. The van der Waals surface area contributed by atoms with Gasteiger partial charge in [-0.3, -0.25) is 15.0 Å². The summed E-state index contributed by atoms with van der Waals surface area (Å²) >= 11 is 0. The topological polar surface area (TPSA) is 251 Å². The van der Waals surface area contributed by atoms with Crippen molar-refractivity contribution in [1.82, 2.24) is 50.4 Å². The lowest BCUT2D eigenvalue weighted by Gasteiger charge is -2.27. The molecule has 0 aliphatic heterocycles. The molecule has 0 unspecified atom stereocenters. The Morgan fingerprint density at radius 3 is 1.08 bits per heavy atom. The fourth-order valence-corrected chi connectivity index (χ4v) is 20.1. The second kappa shape index (κ2) is 47.3. The summed E-state index contributed by atoms with van der Waals surface area (Å²) in [6, 6.07) is 22.4. The molecule has 0 radical (unpaired) electrons. The van der Waals surface area contributed by atoms with E-state index in [9.17, 15) is 0 Å². The number of ether oxygens (including phenoxy) is 1. The number of hydrogen-bond acceptors (Lipinski definition) is 20. The largest absolute Gasteiger partial charge is 0.495 e. The SMILES string of the molecule is CCC(CC)Nc1cc(-c2nc(C)no2)ccc1CC1CCCCC1.COc1cnc(CC2CCCCC2)c(NC2CCCCC2)c1.Cc1coc(-c2cnc(CC3CCCCC3)c(NC3CCCCC3)c2)n1.Cc1noc(-c2ccc(CC3CCCCC3)c(NC3CCCC3)c2)n1.Cc1noc(-c2cnc(CC3CCCCC3)c(NC(C)C)c2)n1. The predicted molar refractivity (Wildman–Crippen MR) is 491 cm³/mol. The monoisotopic (exact) mass is 1650 g/mol. The molecule has 20 nitrogen and oxygen atoms in total. The summed E-state index contributed by atoms with van der Waals surface area (Å²) in [6.45, 7) is 16.3. The van der Waals surface area contributed by atoms with Gasteiger partial charge in [0, 0.05) is 71.2 Å². The summed E-state index contributed by atoms with van der Waals surface area (Å²) in [5.41, 5.74) is 17.4. The molecule has 0 saturated heterocycles. The van der Waals surface area contributed by atoms with E-state index in [1.165, 1.54) is 309 Å². The van der Waals surface area contributed by atoms with Gasteiger partial charge in [-0.2, -0.15) is 15.0 Å². The molecule has 8 aliphatic rings. The van der Waals surface area contributed by atoms with E-state index in [-0.39, 0.29) is 0 Å². The van der Waals surface area contributed by atoms with Gasteiger partial charge in [0.15, 0.2) is 17.5 Å². The fraction of sp³-hybridized carbons (Fsp3) is 0.644. The Morgan fingerprint density at radius 2 is 0.694 bits per heavy atom. The summed E-state index contributed by atoms with van der Waals surface area (Å²) in [5, 5.41) is 30.4. The molecule has 0 amide bonds. The third kappa shape index (κ3) is 28.2. The first kappa shape index (κ1) is 90.1. The van der Waals surface area contributed by atoms with Crippen LogP contribution >= 0.6 is 0 Å². The Hall–Kier alpha value is -8.68. The first-order valence-electron chi connectivity index (χ1n) is 48.1. The molecular formula is C101H147N15O5. The molecule has 121 heavy (non-hydrogen) atoms. The molecule has 9 aromatic rings. The average Bonchev–Trinajstić information content (AvgIpc) is 1.66. The number of methoxy groups -OCH3 is 1. The molecule has 8 fully saturated rings. The van der Waals surface area contributed by atoms with Crippen molar-refractivity contribution in [1.29, 1.82) is 0 Å². The fourth-order valence-electron chi connectivity index (χ4n) is 20.1. The second-order valence-corrected chi connectivity index (χ2v) is 37.4. The molecule has 8 saturated carbocycles. The second-order valence-electron chi connectivity index (χ2n) is 37.4. The number of rotatable bonds is 27. The van der Waals surface area contributed by atoms with Crippen LogP contribution in [0.4, 0.5) is 28.4 Å². The van der Waals surface area contributed by atoms with Gasteiger partial charge in [0.05, 0.1) is 64.3 Å². The number of anilines is 5. The lowest BCUT2D eigenvalue weighted by atomic mass is 9.84. The van der Waals surface area contributed by atoms with Crippen molar-refractivity contribution >= 4 is 28.4 Å². The first-order chi connectivity index (χ1) is 59.2. The van der Waals surface area contributed by atoms with Gasteiger partial charge in [-0.05, 0) is 202 Å². The van der Waals surface area contributed by atoms with E-state index < -0.39 is 0 Å².